The lowest BCUT2D eigenvalue weighted by Crippen LogP contribution is -2.18. The molecule has 9 aromatic rings. The number of ether oxygens (including phenoxy) is 1. The van der Waals surface area contributed by atoms with Crippen molar-refractivity contribution in [3.8, 4) is 27.3 Å². The molecule has 0 saturated heterocycles. The second-order valence-corrected chi connectivity index (χ2v) is 16.3. The molecule has 0 spiro atoms. The Hall–Kier alpha value is -6.10. The quantitative estimate of drug-likeness (QED) is 0.182. The minimum absolute atomic E-state index is 0.00500. The number of benzene rings is 6. The van der Waals surface area contributed by atoms with Crippen LogP contribution in [0.1, 0.15) is 36.5 Å². The molecule has 0 fully saturated rings. The molecule has 2 unspecified atom stereocenters. The van der Waals surface area contributed by atoms with Crippen LogP contribution in [-0.4, -0.2) is 10.5 Å². The summed E-state index contributed by atoms with van der Waals surface area (Å²) in [6, 6.07) is 49.6. The van der Waals surface area contributed by atoms with Gasteiger partial charge in [0.2, 0.25) is 0 Å². The van der Waals surface area contributed by atoms with E-state index in [4.69, 9.17) is 4.74 Å². The van der Waals surface area contributed by atoms with Gasteiger partial charge in [0.25, 0.3) is 0 Å². The van der Waals surface area contributed by atoms with E-state index in [-0.39, 0.29) is 17.4 Å². The molecule has 12 rings (SSSR count). The van der Waals surface area contributed by atoms with E-state index in [0.29, 0.717) is 0 Å². The van der Waals surface area contributed by atoms with Crippen LogP contribution in [0.3, 0.4) is 0 Å². The highest BCUT2D eigenvalue weighted by Gasteiger charge is 2.38. The molecule has 0 radical (unpaired) electrons. The molecule has 3 aliphatic rings. The van der Waals surface area contributed by atoms with Crippen LogP contribution in [0.2, 0.25) is 0 Å². The molecular formula is C49H34N2OS. The van der Waals surface area contributed by atoms with Crippen molar-refractivity contribution < 1.29 is 4.74 Å². The van der Waals surface area contributed by atoms with Gasteiger partial charge in [0.1, 0.15) is 11.9 Å². The van der Waals surface area contributed by atoms with Crippen molar-refractivity contribution in [3.63, 3.8) is 0 Å². The molecule has 252 valence electrons. The maximum atomic E-state index is 6.56. The smallest absolute Gasteiger partial charge is 0.128 e. The first kappa shape index (κ1) is 29.5. The van der Waals surface area contributed by atoms with Gasteiger partial charge in [-0.25, -0.2) is 0 Å². The van der Waals surface area contributed by atoms with E-state index in [2.05, 4.69) is 181 Å². The van der Waals surface area contributed by atoms with E-state index in [9.17, 15) is 0 Å². The average Bonchev–Trinajstić information content (AvgIpc) is 3.99. The lowest BCUT2D eigenvalue weighted by atomic mass is 9.82. The summed E-state index contributed by atoms with van der Waals surface area (Å²) in [4.78, 5) is 3.74. The number of thiophene rings is 1. The van der Waals surface area contributed by atoms with Crippen LogP contribution in [-0.2, 0) is 5.41 Å². The molecule has 0 N–H and O–H groups in total. The number of nitrogens with zero attached hydrogens (tertiary/aromatic N) is 2. The molecule has 0 bridgehead atoms. The van der Waals surface area contributed by atoms with Gasteiger partial charge in [-0.15, -0.1) is 11.3 Å². The van der Waals surface area contributed by atoms with Gasteiger partial charge in [-0.1, -0.05) is 117 Å². The molecule has 4 heteroatoms. The predicted molar refractivity (Wildman–Crippen MR) is 222 cm³/mol. The molecule has 0 saturated carbocycles. The van der Waals surface area contributed by atoms with Crippen LogP contribution in [0.5, 0.6) is 5.75 Å². The fraction of sp³-hybridized carbons (Fsp3) is 0.102. The largest absolute Gasteiger partial charge is 0.485 e. The number of aromatic nitrogens is 1. The van der Waals surface area contributed by atoms with Gasteiger partial charge in [-0.3, -0.25) is 0 Å². The van der Waals surface area contributed by atoms with Crippen LogP contribution in [0.25, 0.3) is 59.0 Å². The van der Waals surface area contributed by atoms with Crippen molar-refractivity contribution in [2.75, 3.05) is 4.90 Å². The number of hydrogen-bond donors (Lipinski definition) is 0. The lowest BCUT2D eigenvalue weighted by molar-refractivity contribution is 0.269. The maximum Gasteiger partial charge on any atom is 0.128 e. The molecular weight excluding hydrogens is 665 g/mol. The number of fused-ring (bicyclic) bond motifs is 12. The van der Waals surface area contributed by atoms with Crippen LogP contribution in [0, 0.1) is 0 Å². The van der Waals surface area contributed by atoms with Crippen molar-refractivity contribution in [2.24, 2.45) is 0 Å². The lowest BCUT2D eigenvalue weighted by Gasteiger charge is -2.30. The maximum absolute atomic E-state index is 6.56. The van der Waals surface area contributed by atoms with Gasteiger partial charge in [0.15, 0.2) is 0 Å². The Morgan fingerprint density at radius 3 is 2.38 bits per heavy atom. The van der Waals surface area contributed by atoms with E-state index < -0.39 is 0 Å². The summed E-state index contributed by atoms with van der Waals surface area (Å²) < 4.78 is 10.4. The molecule has 4 heterocycles. The van der Waals surface area contributed by atoms with Gasteiger partial charge in [-0.05, 0) is 82.4 Å². The first-order valence-corrected chi connectivity index (χ1v) is 19.3. The third-order valence-corrected chi connectivity index (χ3v) is 13.3. The second kappa shape index (κ2) is 10.5. The highest BCUT2D eigenvalue weighted by atomic mass is 32.1. The summed E-state index contributed by atoms with van der Waals surface area (Å²) >= 11 is 1.90. The molecule has 53 heavy (non-hydrogen) atoms. The molecule has 2 atom stereocenters. The van der Waals surface area contributed by atoms with Crippen molar-refractivity contribution in [1.82, 2.24) is 4.40 Å². The number of hydrogen-bond acceptors (Lipinski definition) is 3. The van der Waals surface area contributed by atoms with Crippen LogP contribution >= 0.6 is 11.3 Å². The van der Waals surface area contributed by atoms with E-state index in [1.807, 2.05) is 11.3 Å². The summed E-state index contributed by atoms with van der Waals surface area (Å²) in [5, 5.41) is 3.96. The average molecular weight is 699 g/mol. The predicted octanol–water partition coefficient (Wildman–Crippen LogP) is 13.3. The number of rotatable bonds is 4. The van der Waals surface area contributed by atoms with Crippen LogP contribution < -0.4 is 9.64 Å². The van der Waals surface area contributed by atoms with Crippen molar-refractivity contribution in [2.45, 2.75) is 31.3 Å². The molecule has 1 aliphatic heterocycles. The molecule has 2 aliphatic carbocycles. The van der Waals surface area contributed by atoms with Crippen LogP contribution in [0.4, 0.5) is 17.1 Å². The topological polar surface area (TPSA) is 16.9 Å². The second-order valence-electron chi connectivity index (χ2n) is 15.2. The molecule has 0 amide bonds. The molecule has 3 nitrogen and oxygen atoms in total. The van der Waals surface area contributed by atoms with Crippen molar-refractivity contribution >= 4 is 65.8 Å². The van der Waals surface area contributed by atoms with Crippen molar-refractivity contribution in [3.05, 3.63) is 174 Å². The summed E-state index contributed by atoms with van der Waals surface area (Å²) in [5.74, 6) is 1.11. The van der Waals surface area contributed by atoms with E-state index in [1.54, 1.807) is 0 Å². The Labute approximate surface area is 311 Å². The van der Waals surface area contributed by atoms with Gasteiger partial charge in [-0.2, -0.15) is 0 Å². The first-order valence-electron chi connectivity index (χ1n) is 18.5. The fourth-order valence-corrected chi connectivity index (χ4v) is 10.8. The summed E-state index contributed by atoms with van der Waals surface area (Å²) in [6.07, 6.45) is 8.75. The van der Waals surface area contributed by atoms with E-state index in [0.717, 1.165) is 22.8 Å². The highest BCUT2D eigenvalue weighted by Crippen LogP contribution is 2.54. The number of anilines is 3. The van der Waals surface area contributed by atoms with E-state index >= 15 is 0 Å². The Bertz CT molecular complexity index is 3050. The number of para-hydroxylation sites is 2. The molecule has 6 aromatic carbocycles. The minimum atomic E-state index is -0.110. The van der Waals surface area contributed by atoms with Gasteiger partial charge in [0, 0.05) is 49.3 Å². The normalized spacial score (nSPS) is 17.8. The van der Waals surface area contributed by atoms with Gasteiger partial charge >= 0.3 is 0 Å². The van der Waals surface area contributed by atoms with Gasteiger partial charge in [0.05, 0.1) is 26.9 Å². The van der Waals surface area contributed by atoms with E-state index in [1.165, 1.54) is 75.7 Å². The zero-order chi connectivity index (χ0) is 35.0. The minimum Gasteiger partial charge on any atom is -0.485 e. The van der Waals surface area contributed by atoms with Gasteiger partial charge < -0.3 is 14.0 Å². The third kappa shape index (κ3) is 3.94. The SMILES string of the molecule is CC1(C)c2ccccc2-c2ccc(N(c3cccc(-c4cc5c(s4)c4cccc6c7ccccc7n5c64)c3)c3cccc4c3C3C=CC=CC3O4)cc21. The fourth-order valence-electron chi connectivity index (χ4n) is 9.66. The zero-order valence-corrected chi connectivity index (χ0v) is 30.2. The number of allylic oxidation sites excluding steroid dienone is 2. The Morgan fingerprint density at radius 1 is 0.642 bits per heavy atom. The standard InChI is InChI=1S/C49H34N2OS/c1-49(2)38-19-6-3-14-32(38)33-25-24-31(27-39(33)49)50(41-21-11-23-44-46(41)36-16-5-8-22-43(36)52-44)30-13-9-12-29(26-30)45-28-42-48(53-45)37-18-10-17-35-34-15-4-7-20-40(34)51(42)47(35)37/h3-28,36,43H,1-2H3. The first-order chi connectivity index (χ1) is 26.0. The third-order valence-electron chi connectivity index (χ3n) is 12.1. The highest BCUT2D eigenvalue weighted by molar-refractivity contribution is 7.23. The van der Waals surface area contributed by atoms with Crippen LogP contribution in [0.15, 0.2) is 158 Å². The monoisotopic (exact) mass is 698 g/mol. The summed E-state index contributed by atoms with van der Waals surface area (Å²) in [5.41, 5.74) is 15.1. The Morgan fingerprint density at radius 2 is 1.42 bits per heavy atom. The Balaban J connectivity index is 1.06. The summed E-state index contributed by atoms with van der Waals surface area (Å²) in [6.45, 7) is 4.72. The Kier molecular flexibility index (Phi) is 5.84. The summed E-state index contributed by atoms with van der Waals surface area (Å²) in [7, 11) is 0. The zero-order valence-electron chi connectivity index (χ0n) is 29.4. The molecule has 3 aromatic heterocycles. The van der Waals surface area contributed by atoms with Crippen molar-refractivity contribution in [1.29, 1.82) is 0 Å².